The second-order valence-electron chi connectivity index (χ2n) is 4.77. The monoisotopic (exact) mass is 303 g/mol. The largest absolute Gasteiger partial charge is 0.368 e. The van der Waals surface area contributed by atoms with E-state index in [2.05, 4.69) is 15.5 Å². The summed E-state index contributed by atoms with van der Waals surface area (Å²) in [5.74, 6) is -0.0749. The molecule has 0 atom stereocenters. The third-order valence-electron chi connectivity index (χ3n) is 2.97. The molecule has 0 radical (unpaired) electrons. The zero-order valence-electron chi connectivity index (χ0n) is 12.1. The lowest BCUT2D eigenvalue weighted by atomic mass is 10.2. The summed E-state index contributed by atoms with van der Waals surface area (Å²) in [5.41, 5.74) is 2.81. The van der Waals surface area contributed by atoms with Crippen LogP contribution in [0.5, 0.6) is 0 Å². The third-order valence-corrected chi connectivity index (χ3v) is 3.22. The number of amides is 1. The molecule has 0 unspecified atom stereocenters. The molecule has 0 saturated carbocycles. The molecule has 110 valence electrons. The van der Waals surface area contributed by atoms with Crippen molar-refractivity contribution in [2.45, 2.75) is 6.92 Å². The fourth-order valence-electron chi connectivity index (χ4n) is 1.89. The SMILES string of the molecule is CC(=O)Nc1cccc(N(C)CNc2ccc(Cl)cc2)c1. The molecule has 0 spiro atoms. The highest BCUT2D eigenvalue weighted by Crippen LogP contribution is 2.19. The molecule has 0 aliphatic heterocycles. The Morgan fingerprint density at radius 2 is 1.86 bits per heavy atom. The minimum absolute atomic E-state index is 0.0749. The maximum atomic E-state index is 11.1. The number of nitrogens with one attached hydrogen (secondary N) is 2. The Morgan fingerprint density at radius 3 is 2.52 bits per heavy atom. The number of carbonyl (C=O) groups excluding carboxylic acids is 1. The van der Waals surface area contributed by atoms with E-state index in [1.807, 2.05) is 55.6 Å². The van der Waals surface area contributed by atoms with Crippen LogP contribution in [0, 0.1) is 0 Å². The Hall–Kier alpha value is -2.20. The average molecular weight is 304 g/mol. The van der Waals surface area contributed by atoms with Crippen LogP contribution in [0.3, 0.4) is 0 Å². The van der Waals surface area contributed by atoms with Crippen LogP contribution in [0.1, 0.15) is 6.92 Å². The number of hydrogen-bond donors (Lipinski definition) is 2. The molecule has 4 nitrogen and oxygen atoms in total. The van der Waals surface area contributed by atoms with Crippen LogP contribution in [-0.4, -0.2) is 19.6 Å². The summed E-state index contributed by atoms with van der Waals surface area (Å²) in [7, 11) is 1.98. The number of benzene rings is 2. The lowest BCUT2D eigenvalue weighted by Gasteiger charge is -2.21. The normalized spacial score (nSPS) is 10.0. The number of rotatable bonds is 5. The van der Waals surface area contributed by atoms with Gasteiger partial charge in [0, 0.05) is 36.1 Å². The van der Waals surface area contributed by atoms with Gasteiger partial charge in [-0.2, -0.15) is 0 Å². The van der Waals surface area contributed by atoms with Gasteiger partial charge in [0.25, 0.3) is 0 Å². The number of anilines is 3. The Labute approximate surface area is 129 Å². The van der Waals surface area contributed by atoms with Gasteiger partial charge in [0.2, 0.25) is 5.91 Å². The molecule has 2 rings (SSSR count). The second kappa shape index (κ2) is 6.99. The van der Waals surface area contributed by atoms with Crippen LogP contribution in [0.25, 0.3) is 0 Å². The lowest BCUT2D eigenvalue weighted by molar-refractivity contribution is -0.114. The molecule has 0 aliphatic carbocycles. The van der Waals surface area contributed by atoms with Crippen molar-refractivity contribution in [2.75, 3.05) is 29.2 Å². The summed E-state index contributed by atoms with van der Waals surface area (Å²) in [4.78, 5) is 13.1. The van der Waals surface area contributed by atoms with Crippen molar-refractivity contribution in [3.8, 4) is 0 Å². The van der Waals surface area contributed by atoms with E-state index in [9.17, 15) is 4.79 Å². The van der Waals surface area contributed by atoms with Crippen molar-refractivity contribution in [2.24, 2.45) is 0 Å². The molecule has 2 N–H and O–H groups in total. The molecule has 0 saturated heterocycles. The van der Waals surface area contributed by atoms with Gasteiger partial charge in [-0.3, -0.25) is 4.79 Å². The molecule has 5 heteroatoms. The zero-order valence-corrected chi connectivity index (χ0v) is 12.8. The van der Waals surface area contributed by atoms with E-state index in [0.717, 1.165) is 22.1 Å². The minimum Gasteiger partial charge on any atom is -0.368 e. The smallest absolute Gasteiger partial charge is 0.221 e. The van der Waals surface area contributed by atoms with Crippen molar-refractivity contribution in [1.82, 2.24) is 0 Å². The quantitative estimate of drug-likeness (QED) is 0.826. The second-order valence-corrected chi connectivity index (χ2v) is 5.21. The zero-order chi connectivity index (χ0) is 15.2. The standard InChI is InChI=1S/C16H18ClN3O/c1-12(21)19-15-4-3-5-16(10-15)20(2)11-18-14-8-6-13(17)7-9-14/h3-10,18H,11H2,1-2H3,(H,19,21). The molecule has 0 aliphatic rings. The van der Waals surface area contributed by atoms with Crippen LogP contribution in [0.4, 0.5) is 17.1 Å². The number of halogens is 1. The van der Waals surface area contributed by atoms with E-state index >= 15 is 0 Å². The van der Waals surface area contributed by atoms with Gasteiger partial charge in [0.1, 0.15) is 0 Å². The Kier molecular flexibility index (Phi) is 5.06. The van der Waals surface area contributed by atoms with Crippen molar-refractivity contribution in [1.29, 1.82) is 0 Å². The van der Waals surface area contributed by atoms with Gasteiger partial charge in [-0.15, -0.1) is 0 Å². The van der Waals surface area contributed by atoms with Crippen LogP contribution < -0.4 is 15.5 Å². The summed E-state index contributed by atoms with van der Waals surface area (Å²) < 4.78 is 0. The van der Waals surface area contributed by atoms with E-state index in [-0.39, 0.29) is 5.91 Å². The van der Waals surface area contributed by atoms with Gasteiger partial charge in [-0.1, -0.05) is 17.7 Å². The van der Waals surface area contributed by atoms with Crippen LogP contribution >= 0.6 is 11.6 Å². The molecule has 0 heterocycles. The molecule has 2 aromatic carbocycles. The highest BCUT2D eigenvalue weighted by Gasteiger charge is 2.03. The molecule has 0 fully saturated rings. The molecular weight excluding hydrogens is 286 g/mol. The van der Waals surface area contributed by atoms with Crippen LogP contribution in [0.15, 0.2) is 48.5 Å². The number of nitrogens with zero attached hydrogens (tertiary/aromatic N) is 1. The maximum absolute atomic E-state index is 11.1. The van der Waals surface area contributed by atoms with Gasteiger partial charge >= 0.3 is 0 Å². The van der Waals surface area contributed by atoms with Crippen LogP contribution in [0.2, 0.25) is 5.02 Å². The van der Waals surface area contributed by atoms with Gasteiger partial charge in [0.15, 0.2) is 0 Å². The van der Waals surface area contributed by atoms with E-state index in [4.69, 9.17) is 11.6 Å². The molecule has 0 bridgehead atoms. The number of carbonyl (C=O) groups is 1. The van der Waals surface area contributed by atoms with E-state index in [0.29, 0.717) is 6.67 Å². The van der Waals surface area contributed by atoms with E-state index in [1.54, 1.807) is 0 Å². The van der Waals surface area contributed by atoms with E-state index in [1.165, 1.54) is 6.92 Å². The fraction of sp³-hybridized carbons (Fsp3) is 0.188. The fourth-order valence-corrected chi connectivity index (χ4v) is 2.02. The predicted molar refractivity (Wildman–Crippen MR) is 89.1 cm³/mol. The average Bonchev–Trinajstić information content (AvgIpc) is 2.46. The summed E-state index contributed by atoms with van der Waals surface area (Å²) in [6, 6.07) is 15.3. The van der Waals surface area contributed by atoms with Gasteiger partial charge in [0.05, 0.1) is 6.67 Å². The third kappa shape index (κ3) is 4.68. The van der Waals surface area contributed by atoms with E-state index < -0.39 is 0 Å². The molecule has 21 heavy (non-hydrogen) atoms. The maximum Gasteiger partial charge on any atom is 0.221 e. The van der Waals surface area contributed by atoms with Crippen molar-refractivity contribution in [3.05, 3.63) is 53.6 Å². The minimum atomic E-state index is -0.0749. The molecular formula is C16H18ClN3O. The molecule has 0 aromatic heterocycles. The summed E-state index contributed by atoms with van der Waals surface area (Å²) in [6.07, 6.45) is 0. The predicted octanol–water partition coefficient (Wildman–Crippen LogP) is 3.80. The number of hydrogen-bond acceptors (Lipinski definition) is 3. The first kappa shape index (κ1) is 15.2. The lowest BCUT2D eigenvalue weighted by Crippen LogP contribution is -2.24. The highest BCUT2D eigenvalue weighted by atomic mass is 35.5. The first-order valence-electron chi connectivity index (χ1n) is 6.63. The van der Waals surface area contributed by atoms with Crippen LogP contribution in [-0.2, 0) is 4.79 Å². The summed E-state index contributed by atoms with van der Waals surface area (Å²) in [6.45, 7) is 2.14. The first-order valence-corrected chi connectivity index (χ1v) is 7.00. The van der Waals surface area contributed by atoms with Crippen molar-refractivity contribution < 1.29 is 4.79 Å². The Bertz CT molecular complexity index is 613. The van der Waals surface area contributed by atoms with Gasteiger partial charge < -0.3 is 15.5 Å². The van der Waals surface area contributed by atoms with Gasteiger partial charge in [-0.25, -0.2) is 0 Å². The molecule has 2 aromatic rings. The summed E-state index contributed by atoms with van der Waals surface area (Å²) in [5, 5.41) is 6.81. The summed E-state index contributed by atoms with van der Waals surface area (Å²) >= 11 is 5.86. The Morgan fingerprint density at radius 1 is 1.14 bits per heavy atom. The van der Waals surface area contributed by atoms with Crippen molar-refractivity contribution >= 4 is 34.6 Å². The highest BCUT2D eigenvalue weighted by molar-refractivity contribution is 6.30. The molecule has 1 amide bonds. The van der Waals surface area contributed by atoms with Crippen molar-refractivity contribution in [3.63, 3.8) is 0 Å². The Balaban J connectivity index is 1.98. The topological polar surface area (TPSA) is 44.4 Å². The van der Waals surface area contributed by atoms with Gasteiger partial charge in [-0.05, 0) is 42.5 Å². The first-order chi connectivity index (χ1) is 10.0.